The first-order chi connectivity index (χ1) is 5.65. The van der Waals surface area contributed by atoms with Crippen molar-refractivity contribution >= 4 is 57.4 Å². The van der Waals surface area contributed by atoms with Crippen molar-refractivity contribution in [3.63, 3.8) is 0 Å². The van der Waals surface area contributed by atoms with E-state index in [-0.39, 0.29) is 62.7 Å². The van der Waals surface area contributed by atoms with E-state index in [0.29, 0.717) is 12.0 Å². The fraction of sp³-hybridized carbons (Fsp3) is 0.222. The predicted octanol–water partition coefficient (Wildman–Crippen LogP) is 1.00. The molecule has 0 spiro atoms. The van der Waals surface area contributed by atoms with Crippen molar-refractivity contribution in [1.29, 1.82) is 0 Å². The number of phenols is 1. The summed E-state index contributed by atoms with van der Waals surface area (Å²) in [4.78, 5) is 10.6. The van der Waals surface area contributed by atoms with Crippen molar-refractivity contribution in [2.75, 3.05) is 0 Å². The second-order valence-electron chi connectivity index (χ2n) is 2.50. The average molecular weight is 206 g/mol. The van der Waals surface area contributed by atoms with Gasteiger partial charge in [-0.1, -0.05) is 6.92 Å². The third-order valence-electron chi connectivity index (χ3n) is 1.70. The average Bonchev–Trinajstić information content (AvgIpc) is 2.03. The predicted molar refractivity (Wildman–Crippen MR) is 51.6 cm³/mol. The summed E-state index contributed by atoms with van der Waals surface area (Å²) < 4.78 is 0. The molecule has 4 heteroatoms. The Balaban J connectivity index is 0.00000144. The first-order valence-electron chi connectivity index (χ1n) is 3.70. The maximum absolute atomic E-state index is 10.6. The molecule has 0 heterocycles. The van der Waals surface area contributed by atoms with Gasteiger partial charge in [-0.25, -0.2) is 4.79 Å². The fourth-order valence-electron chi connectivity index (χ4n) is 1.08. The Labute approximate surface area is 119 Å². The maximum atomic E-state index is 10.6. The van der Waals surface area contributed by atoms with Crippen LogP contribution in [0.4, 0.5) is 0 Å². The molecule has 0 atom stereocenters. The molecule has 1 rings (SSSR count). The number of hydrogen-bond donors (Lipinski definition) is 2. The van der Waals surface area contributed by atoms with Crippen LogP contribution in [0.5, 0.6) is 5.75 Å². The number of carbonyl (C=O) groups is 1. The zero-order valence-corrected chi connectivity index (χ0v) is 6.74. The van der Waals surface area contributed by atoms with Gasteiger partial charge in [0.1, 0.15) is 5.75 Å². The summed E-state index contributed by atoms with van der Waals surface area (Å²) >= 11 is 0. The number of hydrogen-bond acceptors (Lipinski definition) is 2. The number of phenolic OH excluding ortho intramolecular Hbond substituents is 1. The van der Waals surface area contributed by atoms with E-state index in [1.165, 1.54) is 18.2 Å². The molecule has 0 aliphatic carbocycles. The standard InChI is InChI=1S/C9H10O3.K.H/c1-2-6-5-7(10)3-4-8(6)9(11)12;;/h3-5,10H,2H2,1H3,(H,11,12);;. The van der Waals surface area contributed by atoms with Gasteiger partial charge in [-0.2, -0.15) is 0 Å². The van der Waals surface area contributed by atoms with Gasteiger partial charge < -0.3 is 10.2 Å². The Morgan fingerprint density at radius 2 is 2.08 bits per heavy atom. The van der Waals surface area contributed by atoms with Crippen LogP contribution in [0.1, 0.15) is 22.8 Å². The minimum atomic E-state index is -0.952. The molecule has 1 aromatic rings. The molecular weight excluding hydrogens is 195 g/mol. The third-order valence-corrected chi connectivity index (χ3v) is 1.70. The summed E-state index contributed by atoms with van der Waals surface area (Å²) in [7, 11) is 0. The van der Waals surface area contributed by atoms with Gasteiger partial charge in [-0.3, -0.25) is 0 Å². The van der Waals surface area contributed by atoms with Crippen LogP contribution in [-0.2, 0) is 6.42 Å². The summed E-state index contributed by atoms with van der Waals surface area (Å²) in [6, 6.07) is 4.27. The molecule has 0 amide bonds. The molecule has 3 nitrogen and oxygen atoms in total. The van der Waals surface area contributed by atoms with Crippen LogP contribution in [0.3, 0.4) is 0 Å². The van der Waals surface area contributed by atoms with Crippen LogP contribution < -0.4 is 0 Å². The molecule has 1 aromatic carbocycles. The quantitative estimate of drug-likeness (QED) is 0.710. The Hall–Kier alpha value is 0.126. The topological polar surface area (TPSA) is 57.5 Å². The Kier molecular flexibility index (Phi) is 5.83. The Bertz CT molecular complexity index is 310. The third kappa shape index (κ3) is 3.40. The number of rotatable bonds is 2. The fourth-order valence-corrected chi connectivity index (χ4v) is 1.08. The first kappa shape index (κ1) is 13.1. The zero-order valence-electron chi connectivity index (χ0n) is 6.74. The molecule has 0 saturated heterocycles. The normalized spacial score (nSPS) is 9.00. The van der Waals surface area contributed by atoms with Crippen molar-refractivity contribution in [3.8, 4) is 5.75 Å². The van der Waals surface area contributed by atoms with Gasteiger partial charge in [-0.05, 0) is 30.2 Å². The molecule has 0 saturated carbocycles. The van der Waals surface area contributed by atoms with E-state index < -0.39 is 5.97 Å². The molecule has 0 radical (unpaired) electrons. The van der Waals surface area contributed by atoms with Crippen LogP contribution in [0, 0.1) is 0 Å². The number of aryl methyl sites for hydroxylation is 1. The van der Waals surface area contributed by atoms with Crippen molar-refractivity contribution in [2.45, 2.75) is 13.3 Å². The van der Waals surface area contributed by atoms with Crippen molar-refractivity contribution in [3.05, 3.63) is 29.3 Å². The minimum absolute atomic E-state index is 0. The summed E-state index contributed by atoms with van der Waals surface area (Å²) in [5.74, 6) is -0.844. The van der Waals surface area contributed by atoms with Gasteiger partial charge in [0.05, 0.1) is 5.56 Å². The van der Waals surface area contributed by atoms with E-state index in [1.807, 2.05) is 6.92 Å². The molecule has 2 N–H and O–H groups in total. The number of benzene rings is 1. The van der Waals surface area contributed by atoms with E-state index in [4.69, 9.17) is 10.2 Å². The van der Waals surface area contributed by atoms with Crippen LogP contribution in [0.25, 0.3) is 0 Å². The molecular formula is C9H11KO3. The summed E-state index contributed by atoms with van der Waals surface area (Å²) in [5.41, 5.74) is 0.915. The Morgan fingerprint density at radius 3 is 2.54 bits per heavy atom. The van der Waals surface area contributed by atoms with E-state index in [1.54, 1.807) is 0 Å². The van der Waals surface area contributed by atoms with Gasteiger partial charge >= 0.3 is 57.4 Å². The van der Waals surface area contributed by atoms with Crippen molar-refractivity contribution in [2.24, 2.45) is 0 Å². The van der Waals surface area contributed by atoms with E-state index in [2.05, 4.69) is 0 Å². The molecule has 0 fully saturated rings. The molecule has 0 aliphatic heterocycles. The summed E-state index contributed by atoms with van der Waals surface area (Å²) in [6.45, 7) is 1.85. The zero-order chi connectivity index (χ0) is 9.14. The second-order valence-corrected chi connectivity index (χ2v) is 2.50. The van der Waals surface area contributed by atoms with E-state index >= 15 is 0 Å². The van der Waals surface area contributed by atoms with E-state index in [0.717, 1.165) is 0 Å². The van der Waals surface area contributed by atoms with Gasteiger partial charge in [-0.15, -0.1) is 0 Å². The van der Waals surface area contributed by atoms with Gasteiger partial charge in [0.2, 0.25) is 0 Å². The van der Waals surface area contributed by atoms with Crippen LogP contribution in [-0.4, -0.2) is 67.6 Å². The number of aromatic carboxylic acids is 1. The van der Waals surface area contributed by atoms with Gasteiger partial charge in [0.15, 0.2) is 0 Å². The SMILES string of the molecule is CCc1cc(O)ccc1C(=O)O.[KH]. The monoisotopic (exact) mass is 206 g/mol. The number of aromatic hydroxyl groups is 1. The van der Waals surface area contributed by atoms with Crippen LogP contribution in [0.2, 0.25) is 0 Å². The Morgan fingerprint density at radius 1 is 1.46 bits per heavy atom. The van der Waals surface area contributed by atoms with Gasteiger partial charge in [0.25, 0.3) is 0 Å². The number of carboxylic acids is 1. The van der Waals surface area contributed by atoms with Crippen molar-refractivity contribution < 1.29 is 15.0 Å². The van der Waals surface area contributed by atoms with Crippen LogP contribution in [0.15, 0.2) is 18.2 Å². The molecule has 13 heavy (non-hydrogen) atoms. The van der Waals surface area contributed by atoms with E-state index in [9.17, 15) is 4.79 Å². The second kappa shape index (κ2) is 5.77. The molecule has 0 aromatic heterocycles. The summed E-state index contributed by atoms with van der Waals surface area (Å²) in [5, 5.41) is 17.8. The molecule has 0 unspecified atom stereocenters. The molecule has 66 valence electrons. The van der Waals surface area contributed by atoms with Crippen LogP contribution >= 0.6 is 0 Å². The first-order valence-corrected chi connectivity index (χ1v) is 3.70. The summed E-state index contributed by atoms with van der Waals surface area (Å²) in [6.07, 6.45) is 0.607. The molecule has 0 aliphatic rings. The number of carboxylic acid groups (broad SMARTS) is 1. The molecule has 0 bridgehead atoms. The van der Waals surface area contributed by atoms with Gasteiger partial charge in [0, 0.05) is 0 Å². The van der Waals surface area contributed by atoms with Crippen molar-refractivity contribution in [1.82, 2.24) is 0 Å².